The van der Waals surface area contributed by atoms with Crippen LogP contribution in [0.4, 0.5) is 13.2 Å². The van der Waals surface area contributed by atoms with Crippen LogP contribution in [0.2, 0.25) is 0 Å². The second kappa shape index (κ2) is 7.34. The lowest BCUT2D eigenvalue weighted by atomic mass is 9.84. The summed E-state index contributed by atoms with van der Waals surface area (Å²) >= 11 is 1.27. The van der Waals surface area contributed by atoms with E-state index in [0.717, 1.165) is 18.4 Å². The van der Waals surface area contributed by atoms with Crippen LogP contribution in [0.1, 0.15) is 37.7 Å². The number of carbonyl (C=O) groups is 1. The molecule has 1 aliphatic rings. The largest absolute Gasteiger partial charge is 0.390 e. The Morgan fingerprint density at radius 2 is 1.90 bits per heavy atom. The number of hydrogen-bond acceptors (Lipinski definition) is 2. The first-order valence-corrected chi connectivity index (χ1v) is 8.25. The maximum atomic E-state index is 12.8. The zero-order valence-electron chi connectivity index (χ0n) is 11.7. The summed E-state index contributed by atoms with van der Waals surface area (Å²) in [5.41, 5.74) is 0.998. The number of benzene rings is 1. The van der Waals surface area contributed by atoms with Crippen molar-refractivity contribution in [1.29, 1.82) is 0 Å². The van der Waals surface area contributed by atoms with Crippen LogP contribution < -0.4 is 0 Å². The van der Waals surface area contributed by atoms with Crippen molar-refractivity contribution in [3.05, 3.63) is 35.9 Å². The van der Waals surface area contributed by atoms with E-state index in [1.54, 1.807) is 0 Å². The molecule has 0 bridgehead atoms. The number of thioether (sulfide) groups is 1. The standard InChI is InChI=1S/C16H19F3OS/c17-16(18,19)10-15(13-8-4-5-9-14(13)20)21-11-12-6-2-1-3-7-12/h1-3,6-7,13,15H,4-5,8-11H2. The summed E-state index contributed by atoms with van der Waals surface area (Å²) < 4.78 is 38.4. The van der Waals surface area contributed by atoms with E-state index < -0.39 is 23.8 Å². The van der Waals surface area contributed by atoms with Crippen molar-refractivity contribution in [2.24, 2.45) is 5.92 Å². The Morgan fingerprint density at radius 3 is 2.52 bits per heavy atom. The zero-order chi connectivity index (χ0) is 15.3. The van der Waals surface area contributed by atoms with Crippen LogP contribution in [0, 0.1) is 5.92 Å². The predicted molar refractivity (Wildman–Crippen MR) is 79.2 cm³/mol. The van der Waals surface area contributed by atoms with Crippen molar-refractivity contribution < 1.29 is 18.0 Å². The van der Waals surface area contributed by atoms with Gasteiger partial charge in [-0.05, 0) is 18.4 Å². The first-order chi connectivity index (χ1) is 9.96. The molecule has 2 rings (SSSR count). The molecule has 0 aliphatic heterocycles. The molecule has 2 atom stereocenters. The van der Waals surface area contributed by atoms with Gasteiger partial charge in [0.1, 0.15) is 5.78 Å². The van der Waals surface area contributed by atoms with Crippen LogP contribution in [0.25, 0.3) is 0 Å². The van der Waals surface area contributed by atoms with E-state index in [4.69, 9.17) is 0 Å². The van der Waals surface area contributed by atoms with E-state index >= 15 is 0 Å². The van der Waals surface area contributed by atoms with Crippen molar-refractivity contribution >= 4 is 17.5 Å². The molecule has 1 saturated carbocycles. The van der Waals surface area contributed by atoms with Gasteiger partial charge >= 0.3 is 6.18 Å². The molecule has 116 valence electrons. The van der Waals surface area contributed by atoms with Crippen LogP contribution in [0.5, 0.6) is 0 Å². The molecular weight excluding hydrogens is 297 g/mol. The molecule has 2 unspecified atom stereocenters. The molecule has 1 aromatic carbocycles. The summed E-state index contributed by atoms with van der Waals surface area (Å²) in [5.74, 6) is 0.0934. The van der Waals surface area contributed by atoms with Gasteiger partial charge < -0.3 is 0 Å². The first kappa shape index (κ1) is 16.4. The molecule has 1 fully saturated rings. The van der Waals surface area contributed by atoms with Crippen LogP contribution in [-0.4, -0.2) is 17.2 Å². The fraction of sp³-hybridized carbons (Fsp3) is 0.562. The van der Waals surface area contributed by atoms with Crippen molar-refractivity contribution in [1.82, 2.24) is 0 Å². The number of ketones is 1. The third kappa shape index (κ3) is 5.38. The Balaban J connectivity index is 2.03. The van der Waals surface area contributed by atoms with Crippen LogP contribution >= 0.6 is 11.8 Å². The number of hydrogen-bond donors (Lipinski definition) is 0. The highest BCUT2D eigenvalue weighted by molar-refractivity contribution is 7.99. The molecule has 1 aliphatic carbocycles. The third-order valence-electron chi connectivity index (χ3n) is 3.79. The van der Waals surface area contributed by atoms with E-state index in [1.165, 1.54) is 11.8 Å². The second-order valence-electron chi connectivity index (χ2n) is 5.47. The SMILES string of the molecule is O=C1CCCCC1C(CC(F)(F)F)SCc1ccccc1. The summed E-state index contributed by atoms with van der Waals surface area (Å²) in [6.45, 7) is 0. The van der Waals surface area contributed by atoms with Crippen molar-refractivity contribution in [3.63, 3.8) is 0 Å². The summed E-state index contributed by atoms with van der Waals surface area (Å²) in [7, 11) is 0. The predicted octanol–water partition coefficient (Wildman–Crippen LogP) is 5.00. The smallest absolute Gasteiger partial charge is 0.299 e. The molecular formula is C16H19F3OS. The molecule has 1 nitrogen and oxygen atoms in total. The molecule has 0 saturated heterocycles. The average molecular weight is 316 g/mol. The summed E-state index contributed by atoms with van der Waals surface area (Å²) in [4.78, 5) is 12.0. The average Bonchev–Trinajstić information content (AvgIpc) is 2.44. The molecule has 0 amide bonds. The molecule has 0 N–H and O–H groups in total. The van der Waals surface area contributed by atoms with Crippen LogP contribution in [-0.2, 0) is 10.5 Å². The minimum absolute atomic E-state index is 0.0102. The van der Waals surface area contributed by atoms with E-state index in [1.807, 2.05) is 30.3 Å². The third-order valence-corrected chi connectivity index (χ3v) is 5.21. The number of alkyl halides is 3. The van der Waals surface area contributed by atoms with Gasteiger partial charge in [-0.2, -0.15) is 24.9 Å². The van der Waals surface area contributed by atoms with E-state index in [2.05, 4.69) is 0 Å². The van der Waals surface area contributed by atoms with Crippen LogP contribution in [0.15, 0.2) is 30.3 Å². The molecule has 0 radical (unpaired) electrons. The minimum atomic E-state index is -4.22. The van der Waals surface area contributed by atoms with Gasteiger partial charge in [0, 0.05) is 23.3 Å². The molecule has 0 heterocycles. The summed E-state index contributed by atoms with van der Waals surface area (Å²) in [6, 6.07) is 9.44. The van der Waals surface area contributed by atoms with Crippen molar-refractivity contribution in [3.8, 4) is 0 Å². The van der Waals surface area contributed by atoms with Crippen LogP contribution in [0.3, 0.4) is 0 Å². The Morgan fingerprint density at radius 1 is 1.19 bits per heavy atom. The topological polar surface area (TPSA) is 17.1 Å². The van der Waals surface area contributed by atoms with Gasteiger partial charge in [0.2, 0.25) is 0 Å². The van der Waals surface area contributed by atoms with E-state index in [0.29, 0.717) is 18.6 Å². The number of carbonyl (C=O) groups excluding carboxylic acids is 1. The van der Waals surface area contributed by atoms with Crippen molar-refractivity contribution in [2.45, 2.75) is 49.3 Å². The minimum Gasteiger partial charge on any atom is -0.299 e. The zero-order valence-corrected chi connectivity index (χ0v) is 12.6. The monoisotopic (exact) mass is 316 g/mol. The molecule has 0 spiro atoms. The highest BCUT2D eigenvalue weighted by Gasteiger charge is 2.39. The number of Topliss-reactive ketones (excluding diaryl/α,β-unsaturated/α-hetero) is 1. The van der Waals surface area contributed by atoms with Gasteiger partial charge in [-0.1, -0.05) is 36.8 Å². The lowest BCUT2D eigenvalue weighted by Crippen LogP contribution is -2.32. The highest BCUT2D eigenvalue weighted by atomic mass is 32.2. The van der Waals surface area contributed by atoms with Gasteiger partial charge in [0.15, 0.2) is 0 Å². The van der Waals surface area contributed by atoms with Gasteiger partial charge in [-0.15, -0.1) is 0 Å². The number of halogens is 3. The quantitative estimate of drug-likeness (QED) is 0.760. The maximum Gasteiger partial charge on any atom is 0.390 e. The van der Waals surface area contributed by atoms with Gasteiger partial charge in [0.25, 0.3) is 0 Å². The molecule has 0 aromatic heterocycles. The van der Waals surface area contributed by atoms with E-state index in [-0.39, 0.29) is 5.78 Å². The Labute approximate surface area is 127 Å². The van der Waals surface area contributed by atoms with Gasteiger partial charge in [-0.25, -0.2) is 0 Å². The van der Waals surface area contributed by atoms with Crippen molar-refractivity contribution in [2.75, 3.05) is 0 Å². The Kier molecular flexibility index (Phi) is 5.73. The Hall–Kier alpha value is -0.970. The first-order valence-electron chi connectivity index (χ1n) is 7.21. The van der Waals surface area contributed by atoms with Gasteiger partial charge in [0.05, 0.1) is 6.42 Å². The molecule has 1 aromatic rings. The Bertz CT molecular complexity index is 458. The highest BCUT2D eigenvalue weighted by Crippen LogP contribution is 2.38. The number of rotatable bonds is 5. The summed E-state index contributed by atoms with van der Waals surface area (Å²) in [5, 5.41) is -0.655. The molecule has 5 heteroatoms. The summed E-state index contributed by atoms with van der Waals surface area (Å²) in [6.07, 6.45) is -2.38. The lowest BCUT2D eigenvalue weighted by molar-refractivity contribution is -0.139. The fourth-order valence-electron chi connectivity index (χ4n) is 2.73. The second-order valence-corrected chi connectivity index (χ2v) is 6.70. The normalized spacial score (nSPS) is 21.3. The lowest BCUT2D eigenvalue weighted by Gasteiger charge is -2.29. The fourth-order valence-corrected chi connectivity index (χ4v) is 4.15. The molecule has 21 heavy (non-hydrogen) atoms. The van der Waals surface area contributed by atoms with Gasteiger partial charge in [-0.3, -0.25) is 4.79 Å². The maximum absolute atomic E-state index is 12.8. The van der Waals surface area contributed by atoms with E-state index in [9.17, 15) is 18.0 Å².